The van der Waals surface area contributed by atoms with Crippen LogP contribution >= 0.6 is 0 Å². The highest BCUT2D eigenvalue weighted by atomic mass is 16.6. The van der Waals surface area contributed by atoms with E-state index in [9.17, 15) is 9.59 Å². The van der Waals surface area contributed by atoms with Gasteiger partial charge in [-0.25, -0.2) is 0 Å². The Hall–Kier alpha value is -4.38. The zero-order valence-electron chi connectivity index (χ0n) is 24.4. The van der Waals surface area contributed by atoms with Crippen LogP contribution in [0.4, 0.5) is 17.1 Å². The maximum Gasteiger partial charge on any atom is 0.305 e. The second-order valence-electron chi connectivity index (χ2n) is 10.4. The van der Waals surface area contributed by atoms with Crippen LogP contribution in [-0.2, 0) is 27.2 Å². The number of rotatable bonds is 13. The molecule has 0 bridgehead atoms. The highest BCUT2D eigenvalue weighted by molar-refractivity contribution is 5.76. The molecule has 0 spiro atoms. The van der Waals surface area contributed by atoms with Crippen LogP contribution in [0.3, 0.4) is 0 Å². The largest absolute Gasteiger partial charge is 0.486 e. The summed E-state index contributed by atoms with van der Waals surface area (Å²) < 4.78 is 11.3. The molecule has 4 rings (SSSR count). The second kappa shape index (κ2) is 14.3. The lowest BCUT2D eigenvalue weighted by molar-refractivity contribution is -0.152. The number of benzene rings is 4. The van der Waals surface area contributed by atoms with Crippen LogP contribution in [0.15, 0.2) is 97.1 Å². The lowest BCUT2D eigenvalue weighted by atomic mass is 10.0. The fourth-order valence-electron chi connectivity index (χ4n) is 4.64. The first-order chi connectivity index (χ1) is 19.9. The number of hydrogen-bond acceptors (Lipinski definition) is 5. The number of carbonyl (C=O) groups is 2. The summed E-state index contributed by atoms with van der Waals surface area (Å²) in [5.41, 5.74) is 8.30. The van der Waals surface area contributed by atoms with Gasteiger partial charge in [-0.3, -0.25) is 4.79 Å². The van der Waals surface area contributed by atoms with Crippen LogP contribution < -0.4 is 9.64 Å². The number of esters is 1. The molecule has 0 amide bonds. The number of nitrogens with zero attached hydrogens (tertiary/aromatic N) is 1. The van der Waals surface area contributed by atoms with Gasteiger partial charge in [0.25, 0.3) is 0 Å². The third kappa shape index (κ3) is 8.31. The number of anilines is 3. The molecular weight excluding hydrogens is 510 g/mol. The fourth-order valence-corrected chi connectivity index (χ4v) is 4.64. The van der Waals surface area contributed by atoms with Gasteiger partial charge in [0.05, 0.1) is 0 Å². The number of aldehydes is 1. The van der Waals surface area contributed by atoms with Gasteiger partial charge in [0, 0.05) is 29.9 Å². The van der Waals surface area contributed by atoms with E-state index in [1.807, 2.05) is 24.3 Å². The summed E-state index contributed by atoms with van der Waals surface area (Å²) in [5.74, 6) is 0.343. The Balaban J connectivity index is 1.40. The first kappa shape index (κ1) is 29.6. The van der Waals surface area contributed by atoms with Crippen LogP contribution in [0.1, 0.15) is 48.9 Å². The highest BCUT2D eigenvalue weighted by Gasteiger charge is 2.22. The van der Waals surface area contributed by atoms with Gasteiger partial charge in [-0.15, -0.1) is 0 Å². The summed E-state index contributed by atoms with van der Waals surface area (Å²) >= 11 is 0. The van der Waals surface area contributed by atoms with Crippen molar-refractivity contribution >= 4 is 29.3 Å². The second-order valence-corrected chi connectivity index (χ2v) is 10.4. The molecule has 2 unspecified atom stereocenters. The number of aryl methyl sites for hydroxylation is 4. The Morgan fingerprint density at radius 3 is 1.61 bits per heavy atom. The Morgan fingerprint density at radius 1 is 0.732 bits per heavy atom. The van der Waals surface area contributed by atoms with Crippen molar-refractivity contribution in [3.63, 3.8) is 0 Å². The summed E-state index contributed by atoms with van der Waals surface area (Å²) in [5, 5.41) is 0. The van der Waals surface area contributed by atoms with Crippen molar-refractivity contribution in [1.82, 2.24) is 0 Å². The number of hydrogen-bond donors (Lipinski definition) is 0. The molecule has 0 heterocycles. The van der Waals surface area contributed by atoms with Gasteiger partial charge in [0.1, 0.15) is 24.2 Å². The molecule has 41 heavy (non-hydrogen) atoms. The van der Waals surface area contributed by atoms with Gasteiger partial charge in [-0.05, 0) is 93.3 Å². The molecule has 2 atom stereocenters. The van der Waals surface area contributed by atoms with Crippen molar-refractivity contribution in [3.05, 3.63) is 119 Å². The molecule has 212 valence electrons. The average Bonchev–Trinajstić information content (AvgIpc) is 2.99. The molecule has 5 heteroatoms. The molecule has 4 aromatic rings. The van der Waals surface area contributed by atoms with Gasteiger partial charge in [-0.2, -0.15) is 0 Å². The van der Waals surface area contributed by atoms with Gasteiger partial charge in [0.2, 0.25) is 0 Å². The van der Waals surface area contributed by atoms with E-state index in [1.54, 1.807) is 13.8 Å². The number of ether oxygens (including phenoxy) is 2. The summed E-state index contributed by atoms with van der Waals surface area (Å²) in [6.45, 7) is 7.70. The van der Waals surface area contributed by atoms with Gasteiger partial charge < -0.3 is 19.2 Å². The predicted molar refractivity (Wildman–Crippen MR) is 165 cm³/mol. The van der Waals surface area contributed by atoms with Crippen molar-refractivity contribution < 1.29 is 19.1 Å². The van der Waals surface area contributed by atoms with E-state index in [1.165, 1.54) is 22.3 Å². The molecule has 5 nitrogen and oxygen atoms in total. The minimum Gasteiger partial charge on any atom is -0.486 e. The lowest BCUT2D eigenvalue weighted by Gasteiger charge is -2.26. The normalized spacial score (nSPS) is 12.3. The van der Waals surface area contributed by atoms with Gasteiger partial charge in [-0.1, -0.05) is 66.6 Å². The predicted octanol–water partition coefficient (Wildman–Crippen LogP) is 8.24. The molecule has 0 saturated heterocycles. The van der Waals surface area contributed by atoms with Crippen LogP contribution in [0, 0.1) is 13.8 Å². The number of carbonyl (C=O) groups excluding carboxylic acids is 2. The Morgan fingerprint density at radius 2 is 1.17 bits per heavy atom. The van der Waals surface area contributed by atoms with Crippen molar-refractivity contribution in [3.8, 4) is 5.75 Å². The van der Waals surface area contributed by atoms with E-state index in [0.717, 1.165) is 36.2 Å². The quantitative estimate of drug-likeness (QED) is 0.124. The Kier molecular flexibility index (Phi) is 10.3. The zero-order chi connectivity index (χ0) is 29.2. The standard InChI is InChI=1S/C36H39NO4/c1-5-36(39)40-28(4)35(24-25-38)41-34-22-14-30(15-23-34)11-10-29-12-20-33(21-13-29)37(31-16-6-26(2)7-17-31)32-18-8-27(3)9-19-32/h6-9,12-23,25,28,35H,5,10-11,24H2,1-4H3. The molecule has 0 aliphatic heterocycles. The topological polar surface area (TPSA) is 55.8 Å². The zero-order valence-corrected chi connectivity index (χ0v) is 24.4. The van der Waals surface area contributed by atoms with E-state index >= 15 is 0 Å². The molecule has 4 aromatic carbocycles. The van der Waals surface area contributed by atoms with E-state index in [4.69, 9.17) is 9.47 Å². The van der Waals surface area contributed by atoms with Crippen molar-refractivity contribution in [1.29, 1.82) is 0 Å². The summed E-state index contributed by atoms with van der Waals surface area (Å²) in [4.78, 5) is 25.1. The van der Waals surface area contributed by atoms with Crippen LogP contribution in [0.5, 0.6) is 5.75 Å². The average molecular weight is 550 g/mol. The maximum absolute atomic E-state index is 11.7. The van der Waals surface area contributed by atoms with Crippen molar-refractivity contribution in [2.24, 2.45) is 0 Å². The molecule has 0 radical (unpaired) electrons. The Labute approximate surface area is 243 Å². The molecule has 0 fully saturated rings. The summed E-state index contributed by atoms with van der Waals surface area (Å²) in [6.07, 6.45) is 2.00. The first-order valence-electron chi connectivity index (χ1n) is 14.3. The first-order valence-corrected chi connectivity index (χ1v) is 14.3. The summed E-state index contributed by atoms with van der Waals surface area (Å²) in [7, 11) is 0. The van der Waals surface area contributed by atoms with E-state index < -0.39 is 12.2 Å². The third-order valence-corrected chi connectivity index (χ3v) is 7.15. The van der Waals surface area contributed by atoms with Crippen molar-refractivity contribution in [2.75, 3.05) is 4.90 Å². The minimum atomic E-state index is -0.522. The molecule has 0 aliphatic carbocycles. The fraction of sp³-hybridized carbons (Fsp3) is 0.278. The third-order valence-electron chi connectivity index (χ3n) is 7.15. The SMILES string of the molecule is CCC(=O)OC(C)C(CC=O)Oc1ccc(CCc2ccc(N(c3ccc(C)cc3)c3ccc(C)cc3)cc2)cc1. The Bertz CT molecular complexity index is 1350. The van der Waals surface area contributed by atoms with E-state index in [-0.39, 0.29) is 18.8 Å². The molecule has 0 aromatic heterocycles. The van der Waals surface area contributed by atoms with Crippen LogP contribution in [0.2, 0.25) is 0 Å². The minimum absolute atomic E-state index is 0.154. The van der Waals surface area contributed by atoms with Crippen LogP contribution in [0.25, 0.3) is 0 Å². The smallest absolute Gasteiger partial charge is 0.305 e. The molecule has 0 saturated carbocycles. The monoisotopic (exact) mass is 549 g/mol. The molecular formula is C36H39NO4. The maximum atomic E-state index is 11.7. The highest BCUT2D eigenvalue weighted by Crippen LogP contribution is 2.35. The lowest BCUT2D eigenvalue weighted by Crippen LogP contribution is -2.33. The van der Waals surface area contributed by atoms with Gasteiger partial charge in [0.15, 0.2) is 0 Å². The molecule has 0 N–H and O–H groups in total. The summed E-state index contributed by atoms with van der Waals surface area (Å²) in [6, 6.07) is 33.9. The molecule has 0 aliphatic rings. The van der Waals surface area contributed by atoms with Crippen LogP contribution in [-0.4, -0.2) is 24.5 Å². The van der Waals surface area contributed by atoms with Gasteiger partial charge >= 0.3 is 5.97 Å². The van der Waals surface area contributed by atoms with Crippen molar-refractivity contribution in [2.45, 2.75) is 65.6 Å². The van der Waals surface area contributed by atoms with E-state index in [2.05, 4.69) is 91.5 Å². The van der Waals surface area contributed by atoms with E-state index in [0.29, 0.717) is 5.75 Å².